The summed E-state index contributed by atoms with van der Waals surface area (Å²) < 4.78 is 40.7. The second kappa shape index (κ2) is 15.3. The van der Waals surface area contributed by atoms with Crippen molar-refractivity contribution in [3.63, 3.8) is 0 Å². The number of para-hydroxylation sites is 1. The lowest BCUT2D eigenvalue weighted by atomic mass is 10.1. The minimum atomic E-state index is -1.38. The van der Waals surface area contributed by atoms with Gasteiger partial charge in [0.05, 0.1) is 12.2 Å². The maximum absolute atomic E-state index is 14.2. The lowest BCUT2D eigenvalue weighted by molar-refractivity contribution is -0.118. The number of nitrogens with zero attached hydrogens (tertiary/aromatic N) is 2. The van der Waals surface area contributed by atoms with E-state index in [0.717, 1.165) is 16.7 Å². The van der Waals surface area contributed by atoms with Crippen LogP contribution in [0.4, 0.5) is 24.1 Å². The molecule has 3 amide bonds. The van der Waals surface area contributed by atoms with Crippen molar-refractivity contribution in [1.29, 1.82) is 0 Å². The van der Waals surface area contributed by atoms with Crippen LogP contribution < -0.4 is 26.7 Å². The molecule has 0 bridgehead atoms. The first-order chi connectivity index (χ1) is 23.1. The van der Waals surface area contributed by atoms with Gasteiger partial charge in [0.2, 0.25) is 11.8 Å². The number of amides is 3. The van der Waals surface area contributed by atoms with Crippen LogP contribution in [0.3, 0.4) is 0 Å². The fourth-order valence-electron chi connectivity index (χ4n) is 4.86. The number of fused-ring (bicyclic) bond motifs is 1. The van der Waals surface area contributed by atoms with E-state index in [2.05, 4.69) is 10.6 Å². The number of ether oxygens (including phenoxy) is 2. The van der Waals surface area contributed by atoms with E-state index < -0.39 is 52.8 Å². The zero-order chi connectivity index (χ0) is 35.9. The van der Waals surface area contributed by atoms with Crippen molar-refractivity contribution >= 4 is 40.6 Å². The average Bonchev–Trinajstić information content (AvgIpc) is 3.38. The van der Waals surface area contributed by atoms with Crippen LogP contribution in [0, 0.1) is 11.6 Å². The van der Waals surface area contributed by atoms with E-state index in [1.807, 2.05) is 0 Å². The minimum Gasteiger partial charge on any atom is -0.487 e. The fourth-order valence-corrected chi connectivity index (χ4v) is 4.86. The molecular weight excluding hydrogens is 644 g/mol. The Labute approximate surface area is 278 Å². The topological polar surface area (TPSA) is 184 Å². The molecule has 0 spiro atoms. The molecule has 258 valence electrons. The molecule has 5 N–H and O–H groups in total. The number of pyridine rings is 1. The quantitative estimate of drug-likeness (QED) is 0.153. The Bertz CT molecular complexity index is 1980. The van der Waals surface area contributed by atoms with Gasteiger partial charge in [-0.2, -0.15) is 0 Å². The van der Waals surface area contributed by atoms with Gasteiger partial charge in [-0.1, -0.05) is 18.2 Å². The molecule has 0 aliphatic rings. The number of alkyl carbamates (subject to hydrolysis) is 1. The maximum atomic E-state index is 14.2. The number of hydrogen-bond donors (Lipinski definition) is 4. The summed E-state index contributed by atoms with van der Waals surface area (Å²) in [5, 5.41) is 15.6. The van der Waals surface area contributed by atoms with Crippen LogP contribution in [0.2, 0.25) is 0 Å². The fraction of sp³-hybridized carbons (Fsp3) is 0.265. The summed E-state index contributed by atoms with van der Waals surface area (Å²) in [5.74, 6) is -2.89. The van der Waals surface area contributed by atoms with Crippen molar-refractivity contribution in [3.8, 4) is 5.75 Å². The van der Waals surface area contributed by atoms with Crippen molar-refractivity contribution in [2.75, 3.05) is 5.32 Å². The lowest BCUT2D eigenvalue weighted by Crippen LogP contribution is -2.46. The monoisotopic (exact) mass is 679 g/mol. The van der Waals surface area contributed by atoms with E-state index in [4.69, 9.17) is 15.2 Å². The molecule has 0 radical (unpaired) electrons. The number of nitrogens with two attached hydrogens (primary N) is 1. The molecule has 1 unspecified atom stereocenters. The molecule has 2 aromatic carbocycles. The number of halogens is 2. The SMILES string of the molecule is CC(C)(C)OC(=O)NC(CC/C=C/C(N)=O)C(=O)Nc1cccn(Cc2cc3cccc(OCc4ccc(F)cc4F)c3n2C(=O)O)c1=O. The van der Waals surface area contributed by atoms with Gasteiger partial charge >= 0.3 is 12.2 Å². The van der Waals surface area contributed by atoms with Crippen LogP contribution in [-0.2, 0) is 27.5 Å². The van der Waals surface area contributed by atoms with Crippen LogP contribution in [0.1, 0.15) is 44.9 Å². The van der Waals surface area contributed by atoms with Crippen LogP contribution in [-0.4, -0.2) is 49.9 Å². The zero-order valence-electron chi connectivity index (χ0n) is 26.9. The Morgan fingerprint density at radius 2 is 1.82 bits per heavy atom. The van der Waals surface area contributed by atoms with Crippen LogP contribution in [0.25, 0.3) is 10.9 Å². The molecule has 2 aromatic heterocycles. The van der Waals surface area contributed by atoms with Gasteiger partial charge < -0.3 is 35.5 Å². The van der Waals surface area contributed by atoms with Gasteiger partial charge in [-0.15, -0.1) is 0 Å². The highest BCUT2D eigenvalue weighted by Gasteiger charge is 2.25. The third-order valence-electron chi connectivity index (χ3n) is 6.97. The van der Waals surface area contributed by atoms with Crippen molar-refractivity contribution < 1.29 is 42.5 Å². The third kappa shape index (κ3) is 9.53. The van der Waals surface area contributed by atoms with Crippen LogP contribution in [0.15, 0.2) is 77.7 Å². The van der Waals surface area contributed by atoms with Gasteiger partial charge in [0.25, 0.3) is 5.56 Å². The number of hydrogen-bond acceptors (Lipinski definition) is 7. The van der Waals surface area contributed by atoms with Gasteiger partial charge in [0, 0.05) is 23.2 Å². The van der Waals surface area contributed by atoms with E-state index in [-0.39, 0.29) is 54.2 Å². The van der Waals surface area contributed by atoms with Gasteiger partial charge in [0.15, 0.2) is 0 Å². The van der Waals surface area contributed by atoms with Crippen molar-refractivity contribution in [1.82, 2.24) is 14.5 Å². The van der Waals surface area contributed by atoms with E-state index in [1.54, 1.807) is 39.0 Å². The molecule has 13 nitrogen and oxygen atoms in total. The van der Waals surface area contributed by atoms with Gasteiger partial charge in [-0.25, -0.2) is 22.9 Å². The van der Waals surface area contributed by atoms with E-state index >= 15 is 0 Å². The molecule has 0 saturated carbocycles. The molecular formula is C34H35F2N5O8. The average molecular weight is 680 g/mol. The first kappa shape index (κ1) is 35.9. The van der Waals surface area contributed by atoms with Crippen molar-refractivity contribution in [2.24, 2.45) is 5.73 Å². The predicted octanol–water partition coefficient (Wildman–Crippen LogP) is 4.89. The molecule has 4 aromatic rings. The second-order valence-corrected chi connectivity index (χ2v) is 11.9. The summed E-state index contributed by atoms with van der Waals surface area (Å²) in [6, 6.07) is 11.0. The van der Waals surface area contributed by atoms with E-state index in [9.17, 15) is 37.9 Å². The van der Waals surface area contributed by atoms with Crippen LogP contribution in [0.5, 0.6) is 5.75 Å². The van der Waals surface area contributed by atoms with Gasteiger partial charge in [-0.3, -0.25) is 14.4 Å². The molecule has 49 heavy (non-hydrogen) atoms. The predicted molar refractivity (Wildman–Crippen MR) is 175 cm³/mol. The maximum Gasteiger partial charge on any atom is 0.416 e. The normalized spacial score (nSPS) is 12.1. The summed E-state index contributed by atoms with van der Waals surface area (Å²) in [7, 11) is 0. The number of aromatic nitrogens is 2. The Balaban J connectivity index is 1.59. The third-order valence-corrected chi connectivity index (χ3v) is 6.97. The Morgan fingerprint density at radius 1 is 1.06 bits per heavy atom. The number of anilines is 1. The molecule has 0 aliphatic carbocycles. The van der Waals surface area contributed by atoms with Crippen molar-refractivity contribution in [2.45, 2.75) is 58.4 Å². The summed E-state index contributed by atoms with van der Waals surface area (Å²) in [6.07, 6.45) is 1.93. The number of rotatable bonds is 12. The number of benzene rings is 2. The second-order valence-electron chi connectivity index (χ2n) is 11.9. The number of carbonyl (C=O) groups is 4. The Hall–Kier alpha value is -5.99. The van der Waals surface area contributed by atoms with Gasteiger partial charge in [-0.05, 0) is 76.1 Å². The Kier molecular flexibility index (Phi) is 11.2. The Morgan fingerprint density at radius 3 is 2.49 bits per heavy atom. The highest BCUT2D eigenvalue weighted by Crippen LogP contribution is 2.30. The van der Waals surface area contributed by atoms with E-state index in [0.29, 0.717) is 11.5 Å². The first-order valence-corrected chi connectivity index (χ1v) is 15.0. The first-order valence-electron chi connectivity index (χ1n) is 15.0. The summed E-state index contributed by atoms with van der Waals surface area (Å²) >= 11 is 0. The molecule has 0 saturated heterocycles. The highest BCUT2D eigenvalue weighted by atomic mass is 19.1. The number of carbonyl (C=O) groups excluding carboxylic acids is 3. The largest absolute Gasteiger partial charge is 0.487 e. The molecule has 4 rings (SSSR count). The summed E-state index contributed by atoms with van der Waals surface area (Å²) in [4.78, 5) is 62.8. The number of primary amides is 1. The minimum absolute atomic E-state index is 0.0345. The molecule has 0 fully saturated rings. The molecule has 0 aliphatic heterocycles. The number of nitrogens with one attached hydrogen (secondary N) is 2. The molecule has 2 heterocycles. The molecule has 15 heteroatoms. The highest BCUT2D eigenvalue weighted by molar-refractivity contribution is 5.96. The standard InChI is InChI=1S/C34H35F2N5O8/c1-34(2,3)49-32(45)39-25(9-4-5-12-28(37)42)30(43)38-26-10-7-15-40(31(26)44)18-23-16-20-8-6-11-27(29(20)41(23)33(46)47)48-19-21-13-14-22(35)17-24(21)36/h5-8,10-17,25H,4,9,18-19H2,1-3H3,(H2,37,42)(H,38,43)(H,39,45)(H,46,47)/b12-5+. The summed E-state index contributed by atoms with van der Waals surface area (Å²) in [6.45, 7) is 4.40. The molecule has 1 atom stereocenters. The number of carboxylic acid groups (broad SMARTS) is 1. The van der Waals surface area contributed by atoms with Crippen LogP contribution >= 0.6 is 0 Å². The van der Waals surface area contributed by atoms with Crippen molar-refractivity contribution in [3.05, 3.63) is 106 Å². The van der Waals surface area contributed by atoms with E-state index in [1.165, 1.54) is 41.1 Å². The summed E-state index contributed by atoms with van der Waals surface area (Å²) in [5.41, 5.74) is 3.81. The zero-order valence-corrected chi connectivity index (χ0v) is 26.9. The smallest absolute Gasteiger partial charge is 0.416 e. The number of allylic oxidation sites excluding steroid dienone is 1. The lowest BCUT2D eigenvalue weighted by Gasteiger charge is -2.23. The van der Waals surface area contributed by atoms with Gasteiger partial charge in [0.1, 0.15) is 46.8 Å².